The molecule has 3 heteroatoms. The molecule has 0 atom stereocenters. The lowest BCUT2D eigenvalue weighted by molar-refractivity contribution is 0.0983. The molecule has 0 unspecified atom stereocenters. The highest BCUT2D eigenvalue weighted by atomic mass is 79.9. The van der Waals surface area contributed by atoms with Gasteiger partial charge in [-0.15, -0.1) is 0 Å². The second kappa shape index (κ2) is 5.91. The van der Waals surface area contributed by atoms with Crippen LogP contribution in [-0.4, -0.2) is 5.78 Å². The Bertz CT molecular complexity index is 531. The van der Waals surface area contributed by atoms with Gasteiger partial charge in [0, 0.05) is 16.5 Å². The molecule has 2 aromatic carbocycles. The molecule has 0 aliphatic heterocycles. The highest BCUT2D eigenvalue weighted by Crippen LogP contribution is 2.13. The summed E-state index contributed by atoms with van der Waals surface area (Å²) in [6.45, 7) is 0. The van der Waals surface area contributed by atoms with Crippen LogP contribution in [0, 0.1) is 5.82 Å². The Labute approximate surface area is 114 Å². The first-order chi connectivity index (χ1) is 8.65. The summed E-state index contributed by atoms with van der Waals surface area (Å²) in [4.78, 5) is 11.9. The molecule has 0 fully saturated rings. The summed E-state index contributed by atoms with van der Waals surface area (Å²) in [7, 11) is 0. The first-order valence-corrected chi connectivity index (χ1v) is 6.47. The molecule has 0 aromatic heterocycles. The molecule has 0 aliphatic carbocycles. The molecule has 0 amide bonds. The van der Waals surface area contributed by atoms with Crippen molar-refractivity contribution in [1.82, 2.24) is 0 Å². The zero-order valence-electron chi connectivity index (χ0n) is 9.70. The monoisotopic (exact) mass is 306 g/mol. The molecule has 0 bridgehead atoms. The van der Waals surface area contributed by atoms with E-state index in [2.05, 4.69) is 15.9 Å². The molecule has 18 heavy (non-hydrogen) atoms. The predicted octanol–water partition coefficient (Wildman–Crippen LogP) is 4.40. The van der Waals surface area contributed by atoms with Crippen molar-refractivity contribution < 1.29 is 9.18 Å². The molecule has 1 nitrogen and oxygen atoms in total. The first kappa shape index (κ1) is 13.0. The van der Waals surface area contributed by atoms with E-state index >= 15 is 0 Å². The number of hydrogen-bond acceptors (Lipinski definition) is 1. The van der Waals surface area contributed by atoms with Crippen molar-refractivity contribution >= 4 is 21.7 Å². The standard InChI is InChI=1S/C15H12BrFO/c16-13-6-1-11(2-7-13)3-10-15(18)12-4-8-14(17)9-5-12/h1-2,4-9H,3,10H2. The summed E-state index contributed by atoms with van der Waals surface area (Å²) >= 11 is 3.37. The summed E-state index contributed by atoms with van der Waals surface area (Å²) in [6.07, 6.45) is 1.14. The highest BCUT2D eigenvalue weighted by molar-refractivity contribution is 9.10. The summed E-state index contributed by atoms with van der Waals surface area (Å²) < 4.78 is 13.7. The number of Topliss-reactive ketones (excluding diaryl/α,β-unsaturated/α-hetero) is 1. The van der Waals surface area contributed by atoms with Gasteiger partial charge in [-0.25, -0.2) is 4.39 Å². The van der Waals surface area contributed by atoms with Gasteiger partial charge < -0.3 is 0 Å². The number of aryl methyl sites for hydroxylation is 1. The number of carbonyl (C=O) groups is 1. The van der Waals surface area contributed by atoms with Crippen LogP contribution in [0.5, 0.6) is 0 Å². The normalized spacial score (nSPS) is 10.3. The SMILES string of the molecule is O=C(CCc1ccc(Br)cc1)c1ccc(F)cc1. The minimum Gasteiger partial charge on any atom is -0.294 e. The molecule has 2 aromatic rings. The van der Waals surface area contributed by atoms with Crippen LogP contribution in [0.15, 0.2) is 53.0 Å². The van der Waals surface area contributed by atoms with Crippen molar-refractivity contribution in [3.8, 4) is 0 Å². The second-order valence-corrected chi connectivity index (χ2v) is 4.97. The lowest BCUT2D eigenvalue weighted by atomic mass is 10.0. The summed E-state index contributed by atoms with van der Waals surface area (Å²) in [5.74, 6) is -0.280. The Morgan fingerprint density at radius 3 is 2.22 bits per heavy atom. The molecule has 0 spiro atoms. The van der Waals surface area contributed by atoms with E-state index in [4.69, 9.17) is 0 Å². The topological polar surface area (TPSA) is 17.1 Å². The van der Waals surface area contributed by atoms with Crippen LogP contribution in [-0.2, 0) is 6.42 Å². The number of carbonyl (C=O) groups excluding carboxylic acids is 1. The van der Waals surface area contributed by atoms with Crippen LogP contribution in [0.3, 0.4) is 0 Å². The summed E-state index contributed by atoms with van der Waals surface area (Å²) in [5.41, 5.74) is 1.68. The van der Waals surface area contributed by atoms with Gasteiger partial charge in [0.25, 0.3) is 0 Å². The van der Waals surface area contributed by atoms with Crippen LogP contribution >= 0.6 is 15.9 Å². The van der Waals surface area contributed by atoms with E-state index < -0.39 is 0 Å². The van der Waals surface area contributed by atoms with Crippen LogP contribution in [0.2, 0.25) is 0 Å². The van der Waals surface area contributed by atoms with E-state index in [0.29, 0.717) is 18.4 Å². The average molecular weight is 307 g/mol. The molecule has 0 N–H and O–H groups in total. The number of hydrogen-bond donors (Lipinski definition) is 0. The van der Waals surface area contributed by atoms with Gasteiger partial charge in [0.15, 0.2) is 5.78 Å². The lowest BCUT2D eigenvalue weighted by Crippen LogP contribution is -2.01. The average Bonchev–Trinajstić information content (AvgIpc) is 2.38. The molecule has 92 valence electrons. The molecule has 0 saturated carbocycles. The largest absolute Gasteiger partial charge is 0.294 e. The van der Waals surface area contributed by atoms with Gasteiger partial charge in [0.2, 0.25) is 0 Å². The zero-order chi connectivity index (χ0) is 13.0. The maximum atomic E-state index is 12.7. The third-order valence-electron chi connectivity index (χ3n) is 2.72. The van der Waals surface area contributed by atoms with E-state index in [9.17, 15) is 9.18 Å². The molecule has 2 rings (SSSR count). The van der Waals surface area contributed by atoms with E-state index in [0.717, 1.165) is 10.0 Å². The van der Waals surface area contributed by atoms with E-state index in [1.807, 2.05) is 24.3 Å². The molecular weight excluding hydrogens is 295 g/mol. The minimum absolute atomic E-state index is 0.0397. The maximum Gasteiger partial charge on any atom is 0.163 e. The van der Waals surface area contributed by atoms with E-state index in [-0.39, 0.29) is 11.6 Å². The lowest BCUT2D eigenvalue weighted by Gasteiger charge is -2.02. The van der Waals surface area contributed by atoms with E-state index in [1.165, 1.54) is 24.3 Å². The number of ketones is 1. The fourth-order valence-corrected chi connectivity index (χ4v) is 1.95. The molecule has 0 heterocycles. The number of rotatable bonds is 4. The van der Waals surface area contributed by atoms with Crippen molar-refractivity contribution in [2.45, 2.75) is 12.8 Å². The Balaban J connectivity index is 1.96. The highest BCUT2D eigenvalue weighted by Gasteiger charge is 2.06. The van der Waals surface area contributed by atoms with Gasteiger partial charge in [-0.1, -0.05) is 28.1 Å². The molecule has 0 aliphatic rings. The van der Waals surface area contributed by atoms with Gasteiger partial charge in [0.1, 0.15) is 5.82 Å². The van der Waals surface area contributed by atoms with Crippen molar-refractivity contribution in [2.75, 3.05) is 0 Å². The van der Waals surface area contributed by atoms with Crippen molar-refractivity contribution in [3.63, 3.8) is 0 Å². The Hall–Kier alpha value is -1.48. The summed E-state index contributed by atoms with van der Waals surface area (Å²) in [6, 6.07) is 13.6. The quantitative estimate of drug-likeness (QED) is 0.765. The summed E-state index contributed by atoms with van der Waals surface area (Å²) in [5, 5.41) is 0. The fourth-order valence-electron chi connectivity index (χ4n) is 1.69. The second-order valence-electron chi connectivity index (χ2n) is 4.06. The van der Waals surface area contributed by atoms with E-state index in [1.54, 1.807) is 0 Å². The zero-order valence-corrected chi connectivity index (χ0v) is 11.3. The number of halogens is 2. The first-order valence-electron chi connectivity index (χ1n) is 5.68. The van der Waals surface area contributed by atoms with Gasteiger partial charge in [0.05, 0.1) is 0 Å². The van der Waals surface area contributed by atoms with Crippen LogP contribution in [0.1, 0.15) is 22.3 Å². The van der Waals surface area contributed by atoms with Gasteiger partial charge in [-0.3, -0.25) is 4.79 Å². The van der Waals surface area contributed by atoms with Gasteiger partial charge >= 0.3 is 0 Å². The maximum absolute atomic E-state index is 12.7. The predicted molar refractivity (Wildman–Crippen MR) is 73.2 cm³/mol. The molecule has 0 saturated heterocycles. The van der Waals surface area contributed by atoms with Crippen molar-refractivity contribution in [2.24, 2.45) is 0 Å². The van der Waals surface area contributed by atoms with Crippen LogP contribution < -0.4 is 0 Å². The Morgan fingerprint density at radius 1 is 1.00 bits per heavy atom. The molecular formula is C15H12BrFO. The van der Waals surface area contributed by atoms with Crippen LogP contribution in [0.25, 0.3) is 0 Å². The van der Waals surface area contributed by atoms with Crippen molar-refractivity contribution in [3.05, 3.63) is 69.9 Å². The Morgan fingerprint density at radius 2 is 1.61 bits per heavy atom. The third kappa shape index (κ3) is 3.50. The fraction of sp³-hybridized carbons (Fsp3) is 0.133. The number of benzene rings is 2. The van der Waals surface area contributed by atoms with Crippen LogP contribution in [0.4, 0.5) is 4.39 Å². The van der Waals surface area contributed by atoms with Gasteiger partial charge in [-0.05, 0) is 48.4 Å². The molecule has 0 radical (unpaired) electrons. The Kier molecular flexibility index (Phi) is 4.26. The minimum atomic E-state index is -0.320. The third-order valence-corrected chi connectivity index (χ3v) is 3.25. The van der Waals surface area contributed by atoms with Crippen molar-refractivity contribution in [1.29, 1.82) is 0 Å². The smallest absolute Gasteiger partial charge is 0.163 e. The van der Waals surface area contributed by atoms with Gasteiger partial charge in [-0.2, -0.15) is 0 Å².